The zero-order valence-electron chi connectivity index (χ0n) is 10.2. The lowest BCUT2D eigenvalue weighted by Crippen LogP contribution is -2.30. The Morgan fingerprint density at radius 2 is 2.16 bits per heavy atom. The molecule has 0 saturated carbocycles. The highest BCUT2D eigenvalue weighted by Gasteiger charge is 2.17. The van der Waals surface area contributed by atoms with Gasteiger partial charge in [0.1, 0.15) is 5.75 Å². The summed E-state index contributed by atoms with van der Waals surface area (Å²) in [5.41, 5.74) is 0. The molecule has 1 atom stereocenters. The first-order valence-electron chi connectivity index (χ1n) is 5.41. The minimum Gasteiger partial charge on any atom is -0.497 e. The molecule has 3 N–H and O–H groups in total. The maximum absolute atomic E-state index is 11.9. The standard InChI is InChI=1S/C11H15NO6S/c1-18-8-3-2-4-9(7-8)19(16,17)12-6-5-10(13)11(14)15/h2-4,7,10,12-13H,5-6H2,1H3,(H,14,15). The van der Waals surface area contributed by atoms with Gasteiger partial charge in [0.25, 0.3) is 0 Å². The van der Waals surface area contributed by atoms with Crippen LogP contribution in [0.3, 0.4) is 0 Å². The Hall–Kier alpha value is -1.64. The fourth-order valence-corrected chi connectivity index (χ4v) is 2.39. The van der Waals surface area contributed by atoms with E-state index >= 15 is 0 Å². The zero-order valence-corrected chi connectivity index (χ0v) is 11.1. The average Bonchev–Trinajstić information content (AvgIpc) is 2.38. The number of methoxy groups -OCH3 is 1. The van der Waals surface area contributed by atoms with Crippen molar-refractivity contribution in [1.29, 1.82) is 0 Å². The first kappa shape index (κ1) is 15.4. The van der Waals surface area contributed by atoms with E-state index in [1.807, 2.05) is 0 Å². The van der Waals surface area contributed by atoms with Crippen molar-refractivity contribution in [3.63, 3.8) is 0 Å². The Kier molecular flexibility index (Phi) is 5.28. The molecule has 1 aromatic rings. The molecule has 0 aromatic heterocycles. The predicted molar refractivity (Wildman–Crippen MR) is 66.4 cm³/mol. The minimum atomic E-state index is -3.75. The molecule has 0 heterocycles. The SMILES string of the molecule is COc1cccc(S(=O)(=O)NCCC(O)C(=O)O)c1. The fourth-order valence-electron chi connectivity index (χ4n) is 1.31. The number of carbonyl (C=O) groups is 1. The van der Waals surface area contributed by atoms with Gasteiger partial charge >= 0.3 is 5.97 Å². The molecule has 1 aromatic carbocycles. The molecule has 7 nitrogen and oxygen atoms in total. The molecule has 0 amide bonds. The second kappa shape index (κ2) is 6.50. The summed E-state index contributed by atoms with van der Waals surface area (Å²) in [5, 5.41) is 17.5. The Morgan fingerprint density at radius 3 is 2.74 bits per heavy atom. The molecule has 0 aliphatic heterocycles. The maximum atomic E-state index is 11.9. The quantitative estimate of drug-likeness (QED) is 0.641. The summed E-state index contributed by atoms with van der Waals surface area (Å²) in [4.78, 5) is 10.4. The van der Waals surface area contributed by atoms with Crippen molar-refractivity contribution >= 4 is 16.0 Å². The summed E-state index contributed by atoms with van der Waals surface area (Å²) in [5.74, 6) is -0.992. The molecule has 0 radical (unpaired) electrons. The van der Waals surface area contributed by atoms with Crippen molar-refractivity contribution in [2.24, 2.45) is 0 Å². The summed E-state index contributed by atoms with van der Waals surface area (Å²) in [6.45, 7) is -0.174. The number of carboxylic acid groups (broad SMARTS) is 1. The number of aliphatic carboxylic acids is 1. The number of hydrogen-bond donors (Lipinski definition) is 3. The number of hydrogen-bond acceptors (Lipinski definition) is 5. The highest BCUT2D eigenvalue weighted by molar-refractivity contribution is 7.89. The van der Waals surface area contributed by atoms with Gasteiger partial charge in [0, 0.05) is 12.6 Å². The number of carboxylic acids is 1. The minimum absolute atomic E-state index is 0.0108. The third-order valence-electron chi connectivity index (χ3n) is 2.35. The van der Waals surface area contributed by atoms with Crippen molar-refractivity contribution in [2.75, 3.05) is 13.7 Å². The van der Waals surface area contributed by atoms with Crippen LogP contribution in [-0.4, -0.2) is 44.4 Å². The topological polar surface area (TPSA) is 113 Å². The number of aliphatic hydroxyl groups excluding tert-OH is 1. The van der Waals surface area contributed by atoms with E-state index in [9.17, 15) is 13.2 Å². The van der Waals surface area contributed by atoms with Crippen LogP contribution < -0.4 is 9.46 Å². The van der Waals surface area contributed by atoms with E-state index in [4.69, 9.17) is 14.9 Å². The molecule has 8 heteroatoms. The van der Waals surface area contributed by atoms with Gasteiger partial charge in [0.15, 0.2) is 6.10 Å². The summed E-state index contributed by atoms with van der Waals surface area (Å²) in [6.07, 6.45) is -1.80. The van der Waals surface area contributed by atoms with Gasteiger partial charge in [-0.05, 0) is 18.6 Å². The van der Waals surface area contributed by atoms with E-state index < -0.39 is 22.1 Å². The monoisotopic (exact) mass is 289 g/mol. The summed E-state index contributed by atoms with van der Waals surface area (Å²) in [7, 11) is -2.33. The van der Waals surface area contributed by atoms with Gasteiger partial charge in [0.05, 0.1) is 12.0 Å². The van der Waals surface area contributed by atoms with Crippen LogP contribution >= 0.6 is 0 Å². The number of benzene rings is 1. The van der Waals surface area contributed by atoms with Gasteiger partial charge in [-0.15, -0.1) is 0 Å². The van der Waals surface area contributed by atoms with Gasteiger partial charge in [-0.25, -0.2) is 17.9 Å². The number of ether oxygens (including phenoxy) is 1. The van der Waals surface area contributed by atoms with Crippen LogP contribution in [0.25, 0.3) is 0 Å². The number of sulfonamides is 1. The second-order valence-corrected chi connectivity index (χ2v) is 5.49. The maximum Gasteiger partial charge on any atom is 0.332 e. The van der Waals surface area contributed by atoms with Gasteiger partial charge in [0.2, 0.25) is 10.0 Å². The molecule has 19 heavy (non-hydrogen) atoms. The van der Waals surface area contributed by atoms with Gasteiger partial charge in [-0.1, -0.05) is 6.07 Å². The lowest BCUT2D eigenvalue weighted by atomic mass is 10.3. The molecule has 0 bridgehead atoms. The van der Waals surface area contributed by atoms with Crippen LogP contribution in [0.15, 0.2) is 29.2 Å². The normalized spacial score (nSPS) is 12.9. The van der Waals surface area contributed by atoms with Crippen LogP contribution in [0.4, 0.5) is 0 Å². The summed E-state index contributed by atoms with van der Waals surface area (Å²) in [6, 6.07) is 5.86. The molecule has 0 aliphatic rings. The van der Waals surface area contributed by atoms with E-state index in [0.29, 0.717) is 5.75 Å². The molecular weight excluding hydrogens is 274 g/mol. The van der Waals surface area contributed by atoms with E-state index in [1.54, 1.807) is 6.07 Å². The van der Waals surface area contributed by atoms with E-state index in [0.717, 1.165) is 0 Å². The Morgan fingerprint density at radius 1 is 1.47 bits per heavy atom. The molecule has 0 fully saturated rings. The van der Waals surface area contributed by atoms with Gasteiger partial charge in [-0.2, -0.15) is 0 Å². The molecule has 0 aliphatic carbocycles. The molecule has 1 rings (SSSR count). The smallest absolute Gasteiger partial charge is 0.332 e. The van der Waals surface area contributed by atoms with E-state index in [-0.39, 0.29) is 17.9 Å². The van der Waals surface area contributed by atoms with Crippen molar-refractivity contribution in [3.8, 4) is 5.75 Å². The molecule has 0 spiro atoms. The fraction of sp³-hybridized carbons (Fsp3) is 0.364. The highest BCUT2D eigenvalue weighted by atomic mass is 32.2. The largest absolute Gasteiger partial charge is 0.497 e. The number of aliphatic hydroxyl groups is 1. The van der Waals surface area contributed by atoms with Crippen molar-refractivity contribution in [2.45, 2.75) is 17.4 Å². The van der Waals surface area contributed by atoms with Crippen molar-refractivity contribution < 1.29 is 28.2 Å². The van der Waals surface area contributed by atoms with Gasteiger partial charge in [-0.3, -0.25) is 0 Å². The molecule has 0 saturated heterocycles. The number of nitrogens with one attached hydrogen (secondary N) is 1. The second-order valence-electron chi connectivity index (χ2n) is 3.72. The first-order chi connectivity index (χ1) is 8.86. The van der Waals surface area contributed by atoms with Crippen LogP contribution in [0, 0.1) is 0 Å². The summed E-state index contributed by atoms with van der Waals surface area (Å²) < 4.78 is 30.8. The highest BCUT2D eigenvalue weighted by Crippen LogP contribution is 2.16. The van der Waals surface area contributed by atoms with Crippen molar-refractivity contribution in [1.82, 2.24) is 4.72 Å². The molecule has 106 valence electrons. The van der Waals surface area contributed by atoms with E-state index in [1.165, 1.54) is 25.3 Å². The zero-order chi connectivity index (χ0) is 14.5. The average molecular weight is 289 g/mol. The lowest BCUT2D eigenvalue weighted by molar-refractivity contribution is -0.146. The number of rotatable bonds is 7. The van der Waals surface area contributed by atoms with Crippen LogP contribution in [0.5, 0.6) is 5.75 Å². The van der Waals surface area contributed by atoms with Crippen LogP contribution in [0.2, 0.25) is 0 Å². The third-order valence-corrected chi connectivity index (χ3v) is 3.81. The van der Waals surface area contributed by atoms with Crippen LogP contribution in [-0.2, 0) is 14.8 Å². The first-order valence-corrected chi connectivity index (χ1v) is 6.89. The lowest BCUT2D eigenvalue weighted by Gasteiger charge is -2.09. The summed E-state index contributed by atoms with van der Waals surface area (Å²) >= 11 is 0. The Balaban J connectivity index is 2.68. The van der Waals surface area contributed by atoms with E-state index in [2.05, 4.69) is 4.72 Å². The molecule has 1 unspecified atom stereocenters. The molecular formula is C11H15NO6S. The Labute approximate surface area is 110 Å². The Bertz CT molecular complexity index is 542. The van der Waals surface area contributed by atoms with Crippen LogP contribution in [0.1, 0.15) is 6.42 Å². The predicted octanol–water partition coefficient (Wildman–Crippen LogP) is -0.191. The van der Waals surface area contributed by atoms with Crippen molar-refractivity contribution in [3.05, 3.63) is 24.3 Å². The third kappa shape index (κ3) is 4.51. The van der Waals surface area contributed by atoms with Gasteiger partial charge < -0.3 is 14.9 Å².